The van der Waals surface area contributed by atoms with Crippen LogP contribution in [-0.4, -0.2) is 23.3 Å². The van der Waals surface area contributed by atoms with Crippen LogP contribution in [0.5, 0.6) is 0 Å². The Morgan fingerprint density at radius 1 is 1.17 bits per heavy atom. The third kappa shape index (κ3) is 4.81. The number of carbonyl (C=O) groups excluding carboxylic acids is 1. The topological polar surface area (TPSA) is 71.8 Å². The summed E-state index contributed by atoms with van der Waals surface area (Å²) in [6, 6.07) is 10.5. The number of benzene rings is 1. The Kier molecular flexibility index (Phi) is 7.96. The maximum absolute atomic E-state index is 11.7. The van der Waals surface area contributed by atoms with Crippen molar-refractivity contribution in [2.75, 3.05) is 7.05 Å². The molecule has 2 heterocycles. The maximum Gasteiger partial charge on any atom is 0.166 e. The van der Waals surface area contributed by atoms with Crippen LogP contribution in [0, 0.1) is 18.3 Å². The molecule has 0 radical (unpaired) electrons. The Morgan fingerprint density at radius 3 is 2.47 bits per heavy atom. The molecule has 3 N–H and O–H groups in total. The summed E-state index contributed by atoms with van der Waals surface area (Å²) in [5.41, 5.74) is 13.0. The molecule has 0 saturated carbocycles. The molecule has 1 aromatic carbocycles. The summed E-state index contributed by atoms with van der Waals surface area (Å²) in [4.78, 5) is 20.0. The van der Waals surface area contributed by atoms with Gasteiger partial charge < -0.3 is 10.7 Å². The fraction of sp³-hybridized carbons (Fsp3) is 0.462. The molecule has 1 aliphatic carbocycles. The molecule has 4 heteroatoms. The predicted octanol–water partition coefficient (Wildman–Crippen LogP) is 6.10. The van der Waals surface area contributed by atoms with Gasteiger partial charge in [-0.25, -0.2) is 0 Å². The van der Waals surface area contributed by atoms with E-state index >= 15 is 0 Å². The van der Waals surface area contributed by atoms with Crippen molar-refractivity contribution < 1.29 is 4.79 Å². The van der Waals surface area contributed by atoms with Crippen molar-refractivity contribution in [3.63, 3.8) is 0 Å². The Hall–Kier alpha value is -2.46. The van der Waals surface area contributed by atoms with Crippen LogP contribution in [-0.2, 0) is 12.8 Å². The normalized spacial score (nSPS) is 15.4. The van der Waals surface area contributed by atoms with Crippen LogP contribution in [0.3, 0.4) is 0 Å². The number of hydrogen-bond donors (Lipinski definition) is 2. The van der Waals surface area contributed by atoms with Crippen molar-refractivity contribution >= 4 is 17.3 Å². The second-order valence-electron chi connectivity index (χ2n) is 8.70. The number of hydrogen-bond acceptors (Lipinski definition) is 3. The number of rotatable bonds is 2. The standard InChI is InChI=1S/C23H26N2O.C2H6.CH5N/c1-14-6-5-7-15(10-14)21-20(13-26)24-19-12-16-11-17(23(2,3)4)8-9-18(16)25-22(19)21;2*1-2/h5-7,10,12-13,17,24H,8-9,11H2,1-4H3;1-2H3;2H2,1H3. The molecule has 30 heavy (non-hydrogen) atoms. The summed E-state index contributed by atoms with van der Waals surface area (Å²) < 4.78 is 0. The zero-order valence-corrected chi connectivity index (χ0v) is 19.6. The summed E-state index contributed by atoms with van der Waals surface area (Å²) in [6.45, 7) is 13.0. The predicted molar refractivity (Wildman–Crippen MR) is 128 cm³/mol. The number of pyridine rings is 1. The van der Waals surface area contributed by atoms with Gasteiger partial charge in [0.05, 0.1) is 16.7 Å². The van der Waals surface area contributed by atoms with Gasteiger partial charge in [0.2, 0.25) is 0 Å². The number of carbonyl (C=O) groups is 1. The lowest BCUT2D eigenvalue weighted by Crippen LogP contribution is -2.27. The minimum Gasteiger partial charge on any atom is -0.350 e. The molecule has 1 unspecified atom stereocenters. The summed E-state index contributed by atoms with van der Waals surface area (Å²) in [5, 5.41) is 0. The van der Waals surface area contributed by atoms with Gasteiger partial charge in [-0.15, -0.1) is 0 Å². The van der Waals surface area contributed by atoms with E-state index in [-0.39, 0.29) is 0 Å². The van der Waals surface area contributed by atoms with Crippen LogP contribution < -0.4 is 5.73 Å². The quantitative estimate of drug-likeness (QED) is 0.504. The molecule has 4 nitrogen and oxygen atoms in total. The summed E-state index contributed by atoms with van der Waals surface area (Å²) >= 11 is 0. The van der Waals surface area contributed by atoms with E-state index in [2.05, 4.69) is 62.7 Å². The Bertz CT molecular complexity index is 995. The molecule has 0 amide bonds. The highest BCUT2D eigenvalue weighted by molar-refractivity contribution is 6.02. The average molecular weight is 408 g/mol. The second-order valence-corrected chi connectivity index (χ2v) is 8.70. The molecule has 2 aromatic heterocycles. The number of fused-ring (bicyclic) bond motifs is 2. The molecule has 0 saturated heterocycles. The molecule has 0 spiro atoms. The minimum absolute atomic E-state index is 0.309. The van der Waals surface area contributed by atoms with Gasteiger partial charge in [0, 0.05) is 11.3 Å². The maximum atomic E-state index is 11.7. The van der Waals surface area contributed by atoms with Crippen LogP contribution >= 0.6 is 0 Å². The third-order valence-electron chi connectivity index (χ3n) is 5.81. The molecule has 4 rings (SSSR count). The fourth-order valence-electron chi connectivity index (χ4n) is 4.21. The smallest absolute Gasteiger partial charge is 0.166 e. The van der Waals surface area contributed by atoms with Crippen molar-refractivity contribution in [1.82, 2.24) is 9.97 Å². The average Bonchev–Trinajstić information content (AvgIpc) is 3.11. The molecule has 0 fully saturated rings. The zero-order chi connectivity index (χ0) is 22.5. The van der Waals surface area contributed by atoms with Crippen LogP contribution in [0.4, 0.5) is 0 Å². The highest BCUT2D eigenvalue weighted by atomic mass is 16.1. The first-order valence-corrected chi connectivity index (χ1v) is 11.0. The molecule has 162 valence electrons. The molecule has 1 atom stereocenters. The minimum atomic E-state index is 0.309. The Labute approximate surface area is 181 Å². The Morgan fingerprint density at radius 2 is 1.87 bits per heavy atom. The van der Waals surface area contributed by atoms with Crippen LogP contribution in [0.1, 0.15) is 68.3 Å². The number of aryl methyl sites for hydroxylation is 2. The summed E-state index contributed by atoms with van der Waals surface area (Å²) in [6.07, 6.45) is 4.18. The lowest BCUT2D eigenvalue weighted by molar-refractivity contribution is 0.112. The largest absolute Gasteiger partial charge is 0.350 e. The van der Waals surface area contributed by atoms with Crippen molar-refractivity contribution in [1.29, 1.82) is 0 Å². The monoisotopic (exact) mass is 407 g/mol. The van der Waals surface area contributed by atoms with E-state index in [1.807, 2.05) is 19.9 Å². The van der Waals surface area contributed by atoms with Crippen LogP contribution in [0.15, 0.2) is 30.3 Å². The van der Waals surface area contributed by atoms with Crippen molar-refractivity contribution in [3.05, 3.63) is 52.8 Å². The van der Waals surface area contributed by atoms with E-state index in [9.17, 15) is 4.79 Å². The number of aromatic nitrogens is 2. The van der Waals surface area contributed by atoms with E-state index in [1.165, 1.54) is 30.3 Å². The van der Waals surface area contributed by atoms with Gasteiger partial charge in [-0.3, -0.25) is 9.78 Å². The molecule has 3 aromatic rings. The van der Waals surface area contributed by atoms with E-state index in [1.54, 1.807) is 0 Å². The lowest BCUT2D eigenvalue weighted by Gasteiger charge is -2.34. The molecule has 0 aliphatic heterocycles. The number of aldehydes is 1. The number of nitrogens with one attached hydrogen (secondary N) is 1. The van der Waals surface area contributed by atoms with E-state index in [0.717, 1.165) is 41.3 Å². The number of H-pyrrole nitrogens is 1. The van der Waals surface area contributed by atoms with E-state index < -0.39 is 0 Å². The molecule has 0 bridgehead atoms. The number of nitrogens with zero attached hydrogens (tertiary/aromatic N) is 1. The summed E-state index contributed by atoms with van der Waals surface area (Å²) in [5.74, 6) is 0.672. The van der Waals surface area contributed by atoms with Crippen LogP contribution in [0.2, 0.25) is 0 Å². The molecule has 1 aliphatic rings. The van der Waals surface area contributed by atoms with Gasteiger partial charge in [0.15, 0.2) is 6.29 Å². The van der Waals surface area contributed by atoms with Crippen molar-refractivity contribution in [2.24, 2.45) is 17.1 Å². The van der Waals surface area contributed by atoms with Gasteiger partial charge >= 0.3 is 0 Å². The zero-order valence-electron chi connectivity index (χ0n) is 19.6. The fourth-order valence-corrected chi connectivity index (χ4v) is 4.21. The van der Waals surface area contributed by atoms with E-state index in [0.29, 0.717) is 17.0 Å². The van der Waals surface area contributed by atoms with Crippen LogP contribution in [0.25, 0.3) is 22.2 Å². The first-order chi connectivity index (χ1) is 14.4. The Balaban J connectivity index is 0.000000757. The first-order valence-electron chi connectivity index (χ1n) is 11.0. The summed E-state index contributed by atoms with van der Waals surface area (Å²) in [7, 11) is 1.50. The number of aromatic amines is 1. The SMILES string of the molecule is CC.CN.Cc1cccc(-c2c(C=O)[nH]c3cc4c(nc23)CCC(C(C)(C)C)C4)c1. The van der Waals surface area contributed by atoms with Crippen molar-refractivity contribution in [3.8, 4) is 11.1 Å². The van der Waals surface area contributed by atoms with Gasteiger partial charge in [-0.1, -0.05) is 64.4 Å². The van der Waals surface area contributed by atoms with Gasteiger partial charge in [-0.05, 0) is 61.8 Å². The third-order valence-corrected chi connectivity index (χ3v) is 5.81. The van der Waals surface area contributed by atoms with Gasteiger partial charge in [0.1, 0.15) is 0 Å². The first kappa shape index (κ1) is 23.8. The molecular weight excluding hydrogens is 370 g/mol. The van der Waals surface area contributed by atoms with E-state index in [4.69, 9.17) is 4.98 Å². The second kappa shape index (κ2) is 10.0. The van der Waals surface area contributed by atoms with Crippen molar-refractivity contribution in [2.45, 2.75) is 60.8 Å². The lowest BCUT2D eigenvalue weighted by atomic mass is 9.71. The molecular formula is C26H37N3O. The highest BCUT2D eigenvalue weighted by Crippen LogP contribution is 2.39. The van der Waals surface area contributed by atoms with Gasteiger partial charge in [0.25, 0.3) is 0 Å². The highest BCUT2D eigenvalue weighted by Gasteiger charge is 2.30. The van der Waals surface area contributed by atoms with Gasteiger partial charge in [-0.2, -0.15) is 0 Å². The number of nitrogens with two attached hydrogens (primary N) is 1.